The molecule has 0 unspecified atom stereocenters. The van der Waals surface area contributed by atoms with Gasteiger partial charge in [0.2, 0.25) is 0 Å². The first-order valence-corrected chi connectivity index (χ1v) is 6.47. The van der Waals surface area contributed by atoms with Crippen molar-refractivity contribution in [3.8, 4) is 11.5 Å². The van der Waals surface area contributed by atoms with Crippen molar-refractivity contribution in [3.05, 3.63) is 60.7 Å². The van der Waals surface area contributed by atoms with Crippen molar-refractivity contribution in [2.45, 2.75) is 0 Å². The van der Waals surface area contributed by atoms with Gasteiger partial charge in [0.05, 0.1) is 0 Å². The van der Waals surface area contributed by atoms with E-state index in [1.807, 2.05) is 0 Å². The highest BCUT2D eigenvalue weighted by atomic mass is 35.5. The molecule has 0 fully saturated rings. The summed E-state index contributed by atoms with van der Waals surface area (Å²) in [5.74, 6) is 0.573. The molecule has 0 amide bonds. The van der Waals surface area contributed by atoms with Gasteiger partial charge in [-0.2, -0.15) is 0 Å². The SMILES string of the molecule is Cl.Cl.O=P(O)(Oc1ccccc1)Oc1ccccc1. The zero-order valence-electron chi connectivity index (χ0n) is 9.71. The Morgan fingerprint density at radius 1 is 0.737 bits per heavy atom. The first kappa shape index (κ1) is 17.8. The van der Waals surface area contributed by atoms with E-state index in [2.05, 4.69) is 0 Å². The van der Waals surface area contributed by atoms with E-state index in [-0.39, 0.29) is 36.3 Å². The van der Waals surface area contributed by atoms with Crippen LogP contribution in [-0.4, -0.2) is 4.89 Å². The van der Waals surface area contributed by atoms with E-state index in [1.54, 1.807) is 60.7 Å². The van der Waals surface area contributed by atoms with Gasteiger partial charge in [0.25, 0.3) is 0 Å². The number of phosphoric acid groups is 1. The third-order valence-corrected chi connectivity index (χ3v) is 2.81. The fourth-order valence-corrected chi connectivity index (χ4v) is 2.06. The molecule has 0 heterocycles. The Morgan fingerprint density at radius 2 is 1.05 bits per heavy atom. The van der Waals surface area contributed by atoms with Crippen LogP contribution in [0.15, 0.2) is 60.7 Å². The largest absolute Gasteiger partial charge is 0.584 e. The Bertz CT molecular complexity index is 476. The smallest absolute Gasteiger partial charge is 0.395 e. The van der Waals surface area contributed by atoms with E-state index >= 15 is 0 Å². The van der Waals surface area contributed by atoms with E-state index in [0.717, 1.165) is 0 Å². The lowest BCUT2D eigenvalue weighted by Gasteiger charge is -2.13. The molecule has 2 aromatic rings. The predicted octanol–water partition coefficient (Wildman–Crippen LogP) is 4.09. The molecule has 0 saturated carbocycles. The van der Waals surface area contributed by atoms with Crippen molar-refractivity contribution < 1.29 is 18.5 Å². The summed E-state index contributed by atoms with van der Waals surface area (Å²) in [6.45, 7) is 0. The third kappa shape index (κ3) is 5.99. The maximum Gasteiger partial charge on any atom is 0.584 e. The summed E-state index contributed by atoms with van der Waals surface area (Å²) >= 11 is 0. The van der Waals surface area contributed by atoms with Crippen LogP contribution in [0, 0.1) is 0 Å². The number of rotatable bonds is 4. The van der Waals surface area contributed by atoms with Gasteiger partial charge in [-0.05, 0) is 24.3 Å². The molecule has 0 aromatic heterocycles. The van der Waals surface area contributed by atoms with E-state index in [4.69, 9.17) is 9.05 Å². The van der Waals surface area contributed by atoms with Gasteiger partial charge >= 0.3 is 7.82 Å². The zero-order valence-corrected chi connectivity index (χ0v) is 12.2. The highest BCUT2D eigenvalue weighted by Crippen LogP contribution is 2.43. The quantitative estimate of drug-likeness (QED) is 0.861. The summed E-state index contributed by atoms with van der Waals surface area (Å²) in [5, 5.41) is 0. The molecule has 0 spiro atoms. The highest BCUT2D eigenvalue weighted by Gasteiger charge is 2.24. The van der Waals surface area contributed by atoms with Crippen molar-refractivity contribution in [3.63, 3.8) is 0 Å². The van der Waals surface area contributed by atoms with Gasteiger partial charge in [-0.3, -0.25) is 4.89 Å². The molecule has 2 rings (SSSR count). The summed E-state index contributed by atoms with van der Waals surface area (Å²) in [7, 11) is -4.14. The molecule has 19 heavy (non-hydrogen) atoms. The van der Waals surface area contributed by atoms with Crippen molar-refractivity contribution >= 4 is 32.6 Å². The Kier molecular flexibility index (Phi) is 7.57. The summed E-state index contributed by atoms with van der Waals surface area (Å²) in [6, 6.07) is 16.7. The predicted molar refractivity (Wildman–Crippen MR) is 78.5 cm³/mol. The van der Waals surface area contributed by atoms with Crippen LogP contribution in [0.1, 0.15) is 0 Å². The summed E-state index contributed by atoms with van der Waals surface area (Å²) in [4.78, 5) is 9.53. The second-order valence-corrected chi connectivity index (χ2v) is 4.58. The Labute approximate surface area is 123 Å². The van der Waals surface area contributed by atoms with Crippen LogP contribution in [-0.2, 0) is 4.57 Å². The molecule has 0 bridgehead atoms. The molecule has 0 atom stereocenters. The van der Waals surface area contributed by atoms with Crippen LogP contribution in [0.25, 0.3) is 0 Å². The van der Waals surface area contributed by atoms with Crippen molar-refractivity contribution in [1.82, 2.24) is 0 Å². The van der Waals surface area contributed by atoms with Crippen LogP contribution < -0.4 is 9.05 Å². The van der Waals surface area contributed by atoms with Gasteiger partial charge in [-0.15, -0.1) is 24.8 Å². The number of phosphoric ester groups is 1. The van der Waals surface area contributed by atoms with Crippen molar-refractivity contribution in [2.24, 2.45) is 0 Å². The van der Waals surface area contributed by atoms with Gasteiger partial charge in [0, 0.05) is 0 Å². The minimum atomic E-state index is -4.14. The molecule has 104 valence electrons. The van der Waals surface area contributed by atoms with Crippen molar-refractivity contribution in [2.75, 3.05) is 0 Å². The average molecular weight is 323 g/mol. The number of halogens is 2. The molecule has 7 heteroatoms. The monoisotopic (exact) mass is 322 g/mol. The second-order valence-electron chi connectivity index (χ2n) is 3.28. The molecule has 0 aliphatic heterocycles. The third-order valence-electron chi connectivity index (χ3n) is 1.93. The lowest BCUT2D eigenvalue weighted by atomic mass is 10.3. The van der Waals surface area contributed by atoms with Gasteiger partial charge in [-0.1, -0.05) is 36.4 Å². The number of hydrogen-bond acceptors (Lipinski definition) is 3. The van der Waals surface area contributed by atoms with Crippen LogP contribution in [0.3, 0.4) is 0 Å². The maximum atomic E-state index is 11.7. The molecule has 0 saturated heterocycles. The van der Waals surface area contributed by atoms with Crippen LogP contribution >= 0.6 is 32.6 Å². The van der Waals surface area contributed by atoms with E-state index in [1.165, 1.54) is 0 Å². The normalized spacial score (nSPS) is 9.74. The molecular weight excluding hydrogens is 310 g/mol. The Hall–Kier alpha value is -1.19. The zero-order chi connectivity index (χ0) is 12.1. The standard InChI is InChI=1S/C12H11O4P.2ClH/c13-17(14,15-11-7-3-1-4-8-11)16-12-9-5-2-6-10-12;;/h1-10H,(H,13,14);2*1H. The van der Waals surface area contributed by atoms with Gasteiger partial charge in [-0.25, -0.2) is 4.57 Å². The average Bonchev–Trinajstić information content (AvgIpc) is 2.30. The fourth-order valence-electron chi connectivity index (χ4n) is 1.25. The van der Waals surface area contributed by atoms with E-state index in [9.17, 15) is 9.46 Å². The van der Waals surface area contributed by atoms with Crippen molar-refractivity contribution in [1.29, 1.82) is 0 Å². The Morgan fingerprint density at radius 3 is 1.37 bits per heavy atom. The van der Waals surface area contributed by atoms with Crippen LogP contribution in [0.2, 0.25) is 0 Å². The minimum absolute atomic E-state index is 0. The molecule has 1 N–H and O–H groups in total. The minimum Gasteiger partial charge on any atom is -0.395 e. The molecule has 0 aliphatic carbocycles. The molecular formula is C12H13Cl2O4P. The fraction of sp³-hybridized carbons (Fsp3) is 0. The van der Waals surface area contributed by atoms with E-state index < -0.39 is 7.82 Å². The summed E-state index contributed by atoms with van der Waals surface area (Å²) in [5.41, 5.74) is 0. The number of benzene rings is 2. The molecule has 4 nitrogen and oxygen atoms in total. The first-order chi connectivity index (χ1) is 8.16. The lowest BCUT2D eigenvalue weighted by Crippen LogP contribution is -1.99. The Balaban J connectivity index is 0.00000162. The molecule has 0 aliphatic rings. The topological polar surface area (TPSA) is 55.8 Å². The first-order valence-electron chi connectivity index (χ1n) is 4.98. The highest BCUT2D eigenvalue weighted by molar-refractivity contribution is 7.48. The van der Waals surface area contributed by atoms with Gasteiger partial charge in [0.15, 0.2) is 0 Å². The van der Waals surface area contributed by atoms with Crippen LogP contribution in [0.5, 0.6) is 11.5 Å². The number of hydrogen-bond donors (Lipinski definition) is 1. The summed E-state index contributed by atoms with van der Waals surface area (Å²) in [6.07, 6.45) is 0. The maximum absolute atomic E-state index is 11.7. The molecule has 0 radical (unpaired) electrons. The van der Waals surface area contributed by atoms with Gasteiger partial charge in [0.1, 0.15) is 11.5 Å². The number of para-hydroxylation sites is 2. The second kappa shape index (κ2) is 8.08. The molecule has 2 aromatic carbocycles. The van der Waals surface area contributed by atoms with Gasteiger partial charge < -0.3 is 9.05 Å². The summed E-state index contributed by atoms with van der Waals surface area (Å²) < 4.78 is 21.5. The van der Waals surface area contributed by atoms with E-state index in [0.29, 0.717) is 0 Å². The van der Waals surface area contributed by atoms with Crippen LogP contribution in [0.4, 0.5) is 0 Å². The lowest BCUT2D eigenvalue weighted by molar-refractivity contribution is 0.291.